The zero-order valence-electron chi connectivity index (χ0n) is 9.17. The second-order valence-electron chi connectivity index (χ2n) is 3.68. The Labute approximate surface area is 105 Å². The van der Waals surface area contributed by atoms with E-state index in [0.717, 1.165) is 30.3 Å². The minimum absolute atomic E-state index is 0. The van der Waals surface area contributed by atoms with E-state index in [1.165, 1.54) is 11.9 Å². The minimum atomic E-state index is 0. The number of rotatable bonds is 2. The summed E-state index contributed by atoms with van der Waals surface area (Å²) in [6, 6.07) is 6.07. The van der Waals surface area contributed by atoms with Gasteiger partial charge in [-0.25, -0.2) is 9.67 Å². The molecule has 1 aromatic heterocycles. The lowest BCUT2D eigenvalue weighted by atomic mass is 10.1. The third kappa shape index (κ3) is 1.99. The maximum absolute atomic E-state index is 5.59. The molecule has 2 aromatic rings. The quantitative estimate of drug-likeness (QED) is 0.869. The molecule has 0 atom stereocenters. The van der Waals surface area contributed by atoms with Crippen molar-refractivity contribution in [3.05, 3.63) is 35.9 Å². The number of aromatic nitrogens is 3. The Morgan fingerprint density at radius 3 is 3.12 bits per heavy atom. The highest BCUT2D eigenvalue weighted by Gasteiger charge is 2.14. The van der Waals surface area contributed by atoms with E-state index in [9.17, 15) is 0 Å². The molecule has 2 heterocycles. The predicted octanol–water partition coefficient (Wildman–Crippen LogP) is 1.08. The molecule has 90 valence electrons. The van der Waals surface area contributed by atoms with Crippen molar-refractivity contribution in [1.82, 2.24) is 14.8 Å². The molecule has 0 saturated carbocycles. The fourth-order valence-corrected chi connectivity index (χ4v) is 1.91. The highest BCUT2D eigenvalue weighted by molar-refractivity contribution is 5.85. The Kier molecular flexibility index (Phi) is 3.31. The van der Waals surface area contributed by atoms with Crippen molar-refractivity contribution in [3.63, 3.8) is 0 Å². The molecule has 1 aliphatic heterocycles. The lowest BCUT2D eigenvalue weighted by Crippen LogP contribution is -2.08. The number of benzene rings is 1. The summed E-state index contributed by atoms with van der Waals surface area (Å²) in [4.78, 5) is 4.09. The van der Waals surface area contributed by atoms with Gasteiger partial charge in [-0.05, 0) is 11.6 Å². The molecule has 0 fully saturated rings. The summed E-state index contributed by atoms with van der Waals surface area (Å²) >= 11 is 0. The summed E-state index contributed by atoms with van der Waals surface area (Å²) < 4.78 is 7.26. The average molecular weight is 253 g/mol. The molecule has 0 amide bonds. The van der Waals surface area contributed by atoms with Gasteiger partial charge in [-0.15, -0.1) is 12.4 Å². The van der Waals surface area contributed by atoms with Crippen molar-refractivity contribution >= 4 is 12.4 Å². The van der Waals surface area contributed by atoms with E-state index in [2.05, 4.69) is 16.1 Å². The van der Waals surface area contributed by atoms with E-state index >= 15 is 0 Å². The van der Waals surface area contributed by atoms with Gasteiger partial charge >= 0.3 is 0 Å². The maximum Gasteiger partial charge on any atom is 0.145 e. The summed E-state index contributed by atoms with van der Waals surface area (Å²) in [6.45, 7) is 1.14. The summed E-state index contributed by atoms with van der Waals surface area (Å²) in [6.07, 6.45) is 2.49. The standard InChI is InChI=1S/C11H12N4O.ClH/c12-6-11-13-7-14-15(11)9-2-1-8-3-4-16-10(8)5-9;/h1-2,5,7H,3-4,6,12H2;1H. The maximum atomic E-state index is 5.59. The van der Waals surface area contributed by atoms with Crippen LogP contribution in [0.1, 0.15) is 11.4 Å². The Morgan fingerprint density at radius 2 is 2.29 bits per heavy atom. The zero-order valence-corrected chi connectivity index (χ0v) is 9.98. The number of ether oxygens (including phenoxy) is 1. The monoisotopic (exact) mass is 252 g/mol. The number of halogens is 1. The molecular formula is C11H13ClN4O. The van der Waals surface area contributed by atoms with Crippen LogP contribution >= 0.6 is 12.4 Å². The van der Waals surface area contributed by atoms with Crippen LogP contribution in [0.4, 0.5) is 0 Å². The van der Waals surface area contributed by atoms with Gasteiger partial charge in [0, 0.05) is 12.5 Å². The Hall–Kier alpha value is -1.59. The molecule has 0 aliphatic carbocycles. The molecule has 0 saturated heterocycles. The summed E-state index contributed by atoms with van der Waals surface area (Å²) in [5.41, 5.74) is 7.78. The third-order valence-corrected chi connectivity index (χ3v) is 2.73. The smallest absolute Gasteiger partial charge is 0.145 e. The van der Waals surface area contributed by atoms with E-state index in [4.69, 9.17) is 10.5 Å². The van der Waals surface area contributed by atoms with E-state index in [-0.39, 0.29) is 12.4 Å². The van der Waals surface area contributed by atoms with E-state index in [1.54, 1.807) is 4.68 Å². The van der Waals surface area contributed by atoms with Crippen molar-refractivity contribution in [2.75, 3.05) is 6.61 Å². The fourth-order valence-electron chi connectivity index (χ4n) is 1.91. The van der Waals surface area contributed by atoms with E-state index in [1.807, 2.05) is 12.1 Å². The average Bonchev–Trinajstić information content (AvgIpc) is 2.96. The first kappa shape index (κ1) is 11.9. The van der Waals surface area contributed by atoms with Crippen LogP contribution < -0.4 is 10.5 Å². The molecule has 0 spiro atoms. The first-order valence-corrected chi connectivity index (χ1v) is 5.23. The molecule has 0 unspecified atom stereocenters. The fraction of sp³-hybridized carbons (Fsp3) is 0.273. The summed E-state index contributed by atoms with van der Waals surface area (Å²) in [7, 11) is 0. The van der Waals surface area contributed by atoms with Gasteiger partial charge in [0.05, 0.1) is 18.8 Å². The number of nitrogens with zero attached hydrogens (tertiary/aromatic N) is 3. The second-order valence-corrected chi connectivity index (χ2v) is 3.68. The van der Waals surface area contributed by atoms with Crippen molar-refractivity contribution in [3.8, 4) is 11.4 Å². The van der Waals surface area contributed by atoms with Crippen LogP contribution in [0.2, 0.25) is 0 Å². The third-order valence-electron chi connectivity index (χ3n) is 2.73. The molecule has 1 aliphatic rings. The van der Waals surface area contributed by atoms with Gasteiger partial charge in [0.1, 0.15) is 17.9 Å². The molecule has 1 aromatic carbocycles. The summed E-state index contributed by atoms with van der Waals surface area (Å²) in [5.74, 6) is 1.69. The SMILES string of the molecule is Cl.NCc1ncnn1-c1ccc2c(c1)OCC2. The highest BCUT2D eigenvalue weighted by Crippen LogP contribution is 2.27. The molecule has 6 heteroatoms. The number of hydrogen-bond donors (Lipinski definition) is 1. The molecule has 0 bridgehead atoms. The van der Waals surface area contributed by atoms with Crippen LogP contribution in [-0.4, -0.2) is 21.4 Å². The van der Waals surface area contributed by atoms with Gasteiger partial charge in [0.2, 0.25) is 0 Å². The molecule has 2 N–H and O–H groups in total. The first-order chi connectivity index (χ1) is 7.88. The van der Waals surface area contributed by atoms with Gasteiger partial charge in [-0.1, -0.05) is 6.07 Å². The van der Waals surface area contributed by atoms with E-state index < -0.39 is 0 Å². The van der Waals surface area contributed by atoms with Gasteiger partial charge in [0.15, 0.2) is 0 Å². The van der Waals surface area contributed by atoms with Crippen LogP contribution in [0.15, 0.2) is 24.5 Å². The van der Waals surface area contributed by atoms with Crippen molar-refractivity contribution in [2.24, 2.45) is 5.73 Å². The van der Waals surface area contributed by atoms with Crippen molar-refractivity contribution in [2.45, 2.75) is 13.0 Å². The predicted molar refractivity (Wildman–Crippen MR) is 65.7 cm³/mol. The first-order valence-electron chi connectivity index (χ1n) is 5.23. The minimum Gasteiger partial charge on any atom is -0.493 e. The number of fused-ring (bicyclic) bond motifs is 1. The van der Waals surface area contributed by atoms with Crippen LogP contribution in [0, 0.1) is 0 Å². The van der Waals surface area contributed by atoms with Crippen LogP contribution in [0.25, 0.3) is 5.69 Å². The lowest BCUT2D eigenvalue weighted by molar-refractivity contribution is 0.356. The molecule has 5 nitrogen and oxygen atoms in total. The number of hydrogen-bond acceptors (Lipinski definition) is 4. The highest BCUT2D eigenvalue weighted by atomic mass is 35.5. The van der Waals surface area contributed by atoms with Gasteiger partial charge in [0.25, 0.3) is 0 Å². The van der Waals surface area contributed by atoms with Crippen LogP contribution in [0.5, 0.6) is 5.75 Å². The largest absolute Gasteiger partial charge is 0.493 e. The lowest BCUT2D eigenvalue weighted by Gasteiger charge is -2.06. The van der Waals surface area contributed by atoms with Crippen LogP contribution in [0.3, 0.4) is 0 Å². The van der Waals surface area contributed by atoms with Gasteiger partial charge in [-0.2, -0.15) is 5.10 Å². The van der Waals surface area contributed by atoms with Gasteiger partial charge < -0.3 is 10.5 Å². The molecular weight excluding hydrogens is 240 g/mol. The van der Waals surface area contributed by atoms with Gasteiger partial charge in [-0.3, -0.25) is 0 Å². The zero-order chi connectivity index (χ0) is 11.0. The number of nitrogens with two attached hydrogens (primary N) is 1. The second kappa shape index (κ2) is 4.73. The Balaban J connectivity index is 0.00000108. The molecule has 3 rings (SSSR count). The normalized spacial score (nSPS) is 12.8. The topological polar surface area (TPSA) is 66.0 Å². The van der Waals surface area contributed by atoms with Crippen molar-refractivity contribution < 1.29 is 4.74 Å². The molecule has 17 heavy (non-hydrogen) atoms. The Bertz CT molecular complexity index is 526. The van der Waals surface area contributed by atoms with Crippen molar-refractivity contribution in [1.29, 1.82) is 0 Å². The Morgan fingerprint density at radius 1 is 1.41 bits per heavy atom. The molecule has 0 radical (unpaired) electrons. The van der Waals surface area contributed by atoms with Crippen LogP contribution in [-0.2, 0) is 13.0 Å². The summed E-state index contributed by atoms with van der Waals surface area (Å²) in [5, 5.41) is 4.15. The van der Waals surface area contributed by atoms with E-state index in [0.29, 0.717) is 6.54 Å².